The lowest BCUT2D eigenvalue weighted by Crippen LogP contribution is -2.26. The van der Waals surface area contributed by atoms with Gasteiger partial charge in [0.05, 0.1) is 17.5 Å². The summed E-state index contributed by atoms with van der Waals surface area (Å²) in [5.74, 6) is 1.08. The third-order valence-electron chi connectivity index (χ3n) is 5.74. The van der Waals surface area contributed by atoms with Crippen LogP contribution in [0.25, 0.3) is 11.0 Å². The zero-order chi connectivity index (χ0) is 22.5. The highest BCUT2D eigenvalue weighted by Crippen LogP contribution is 2.21. The van der Waals surface area contributed by atoms with Crippen molar-refractivity contribution in [3.05, 3.63) is 99.8 Å². The molecule has 0 fully saturated rings. The molecular weight excluding hydrogens is 418 g/mol. The molecule has 0 aliphatic heterocycles. The first-order valence-corrected chi connectivity index (χ1v) is 11.4. The van der Waals surface area contributed by atoms with Gasteiger partial charge in [0, 0.05) is 24.5 Å². The molecule has 4 nitrogen and oxygen atoms in total. The van der Waals surface area contributed by atoms with Crippen LogP contribution >= 0.6 is 11.6 Å². The Hall–Kier alpha value is -3.11. The second kappa shape index (κ2) is 10.0. The van der Waals surface area contributed by atoms with Crippen LogP contribution in [-0.4, -0.2) is 22.0 Å². The molecule has 0 spiro atoms. The quantitative estimate of drug-likeness (QED) is 0.356. The number of hydrogen-bond acceptors (Lipinski definition) is 2. The van der Waals surface area contributed by atoms with Crippen molar-refractivity contribution in [1.29, 1.82) is 0 Å². The van der Waals surface area contributed by atoms with Gasteiger partial charge in [0.1, 0.15) is 5.82 Å². The Morgan fingerprint density at radius 3 is 2.62 bits per heavy atom. The third kappa shape index (κ3) is 5.38. The molecule has 164 valence electrons. The lowest BCUT2D eigenvalue weighted by atomic mass is 10.1. The second-order valence-electron chi connectivity index (χ2n) is 8.29. The summed E-state index contributed by atoms with van der Waals surface area (Å²) in [4.78, 5) is 17.2. The Labute approximate surface area is 194 Å². The molecule has 1 amide bonds. The maximum Gasteiger partial charge on any atom is 0.224 e. The van der Waals surface area contributed by atoms with Crippen molar-refractivity contribution in [2.75, 3.05) is 6.54 Å². The summed E-state index contributed by atoms with van der Waals surface area (Å²) in [6, 6.07) is 22.3. The normalized spacial score (nSPS) is 11.1. The van der Waals surface area contributed by atoms with Gasteiger partial charge >= 0.3 is 0 Å². The van der Waals surface area contributed by atoms with Gasteiger partial charge in [0.15, 0.2) is 0 Å². The van der Waals surface area contributed by atoms with Gasteiger partial charge in [-0.3, -0.25) is 4.79 Å². The first kappa shape index (κ1) is 22.1. The van der Waals surface area contributed by atoms with Crippen LogP contribution in [0.2, 0.25) is 5.02 Å². The standard InChI is InChI=1S/C27H28ClN3O/c1-19-9-10-20(2)22(16-19)18-31-25-7-4-3-6-24(25)30-26(31)8-5-15-29-27(32)17-21-11-13-23(28)14-12-21/h3-4,6-7,9-14,16H,5,8,15,17-18H2,1-2H3,(H,29,32). The zero-order valence-corrected chi connectivity index (χ0v) is 19.3. The number of nitrogens with zero attached hydrogens (tertiary/aromatic N) is 2. The minimum Gasteiger partial charge on any atom is -0.356 e. The van der Waals surface area contributed by atoms with Crippen LogP contribution in [0.15, 0.2) is 66.7 Å². The molecule has 1 heterocycles. The molecule has 0 radical (unpaired) electrons. The highest BCUT2D eigenvalue weighted by atomic mass is 35.5. The lowest BCUT2D eigenvalue weighted by molar-refractivity contribution is -0.120. The van der Waals surface area contributed by atoms with Crippen LogP contribution < -0.4 is 5.32 Å². The molecule has 0 aliphatic rings. The third-order valence-corrected chi connectivity index (χ3v) is 6.00. The Morgan fingerprint density at radius 1 is 1.03 bits per heavy atom. The zero-order valence-electron chi connectivity index (χ0n) is 18.6. The second-order valence-corrected chi connectivity index (χ2v) is 8.73. The van der Waals surface area contributed by atoms with Gasteiger partial charge in [-0.2, -0.15) is 0 Å². The van der Waals surface area contributed by atoms with Gasteiger partial charge < -0.3 is 9.88 Å². The number of para-hydroxylation sites is 2. The molecule has 0 aliphatic carbocycles. The number of nitrogens with one attached hydrogen (secondary N) is 1. The number of hydrogen-bond donors (Lipinski definition) is 1. The van der Waals surface area contributed by atoms with Crippen LogP contribution in [-0.2, 0) is 24.2 Å². The SMILES string of the molecule is Cc1ccc(C)c(Cn2c(CCCNC(=O)Cc3ccc(Cl)cc3)nc3ccccc32)c1. The van der Waals surface area contributed by atoms with Crippen molar-refractivity contribution in [3.8, 4) is 0 Å². The topological polar surface area (TPSA) is 46.9 Å². The minimum atomic E-state index is 0.0243. The van der Waals surface area contributed by atoms with E-state index in [9.17, 15) is 4.79 Å². The number of aromatic nitrogens is 2. The van der Waals surface area contributed by atoms with E-state index in [0.29, 0.717) is 18.0 Å². The molecule has 0 saturated carbocycles. The van der Waals surface area contributed by atoms with Crippen LogP contribution in [0.4, 0.5) is 0 Å². The molecule has 0 unspecified atom stereocenters. The van der Waals surface area contributed by atoms with E-state index in [1.165, 1.54) is 16.7 Å². The Kier molecular flexibility index (Phi) is 6.91. The molecule has 4 rings (SSSR count). The van der Waals surface area contributed by atoms with Gasteiger partial charge in [-0.1, -0.05) is 59.6 Å². The highest BCUT2D eigenvalue weighted by Gasteiger charge is 2.12. The van der Waals surface area contributed by atoms with Crippen LogP contribution in [0, 0.1) is 13.8 Å². The fourth-order valence-electron chi connectivity index (χ4n) is 3.96. The van der Waals surface area contributed by atoms with Crippen molar-refractivity contribution in [2.45, 2.75) is 39.7 Å². The first-order chi connectivity index (χ1) is 15.5. The molecular formula is C27H28ClN3O. The largest absolute Gasteiger partial charge is 0.356 e. The molecule has 0 atom stereocenters. The maximum absolute atomic E-state index is 12.3. The smallest absolute Gasteiger partial charge is 0.224 e. The van der Waals surface area contributed by atoms with E-state index in [0.717, 1.165) is 41.8 Å². The number of carbonyl (C=O) groups is 1. The predicted molar refractivity (Wildman–Crippen MR) is 131 cm³/mol. The number of imidazole rings is 1. The number of amides is 1. The summed E-state index contributed by atoms with van der Waals surface area (Å²) in [5.41, 5.74) is 6.98. The van der Waals surface area contributed by atoms with E-state index in [1.807, 2.05) is 30.3 Å². The Balaban J connectivity index is 1.41. The number of fused-ring (bicyclic) bond motifs is 1. The van der Waals surface area contributed by atoms with Gasteiger partial charge in [-0.15, -0.1) is 0 Å². The van der Waals surface area contributed by atoms with Crippen molar-refractivity contribution in [1.82, 2.24) is 14.9 Å². The van der Waals surface area contributed by atoms with Crippen molar-refractivity contribution >= 4 is 28.5 Å². The molecule has 0 saturated heterocycles. The van der Waals surface area contributed by atoms with Crippen LogP contribution in [0.3, 0.4) is 0 Å². The number of aryl methyl sites for hydroxylation is 3. The predicted octanol–water partition coefficient (Wildman–Crippen LogP) is 5.65. The van der Waals surface area contributed by atoms with Crippen molar-refractivity contribution in [3.63, 3.8) is 0 Å². The maximum atomic E-state index is 12.3. The summed E-state index contributed by atoms with van der Waals surface area (Å²) in [6.45, 7) is 5.71. The molecule has 0 bridgehead atoms. The van der Waals surface area contributed by atoms with Crippen LogP contribution in [0.1, 0.15) is 34.5 Å². The number of rotatable bonds is 8. The molecule has 4 aromatic rings. The number of halogens is 1. The summed E-state index contributed by atoms with van der Waals surface area (Å²) < 4.78 is 2.31. The average Bonchev–Trinajstić information content (AvgIpc) is 3.13. The van der Waals surface area contributed by atoms with E-state index in [1.54, 1.807) is 0 Å². The number of carbonyl (C=O) groups excluding carboxylic acids is 1. The summed E-state index contributed by atoms with van der Waals surface area (Å²) in [6.07, 6.45) is 2.01. The van der Waals surface area contributed by atoms with E-state index >= 15 is 0 Å². The summed E-state index contributed by atoms with van der Waals surface area (Å²) >= 11 is 5.91. The Bertz CT molecular complexity index is 1230. The molecule has 1 aromatic heterocycles. The molecule has 1 N–H and O–H groups in total. The molecule has 32 heavy (non-hydrogen) atoms. The summed E-state index contributed by atoms with van der Waals surface area (Å²) in [7, 11) is 0. The van der Waals surface area contributed by atoms with Crippen LogP contribution in [0.5, 0.6) is 0 Å². The Morgan fingerprint density at radius 2 is 1.81 bits per heavy atom. The van der Waals surface area contributed by atoms with Gasteiger partial charge in [0.25, 0.3) is 0 Å². The van der Waals surface area contributed by atoms with Gasteiger partial charge in [-0.25, -0.2) is 4.98 Å². The van der Waals surface area contributed by atoms with E-state index in [-0.39, 0.29) is 5.91 Å². The van der Waals surface area contributed by atoms with E-state index in [4.69, 9.17) is 16.6 Å². The lowest BCUT2D eigenvalue weighted by Gasteiger charge is -2.13. The summed E-state index contributed by atoms with van der Waals surface area (Å²) in [5, 5.41) is 3.71. The first-order valence-electron chi connectivity index (χ1n) is 11.0. The highest BCUT2D eigenvalue weighted by molar-refractivity contribution is 6.30. The van der Waals surface area contributed by atoms with Crippen molar-refractivity contribution in [2.24, 2.45) is 0 Å². The molecule has 5 heteroatoms. The van der Waals surface area contributed by atoms with E-state index < -0.39 is 0 Å². The fourth-order valence-corrected chi connectivity index (χ4v) is 4.08. The average molecular weight is 446 g/mol. The monoisotopic (exact) mass is 445 g/mol. The van der Waals surface area contributed by atoms with Gasteiger partial charge in [0.2, 0.25) is 5.91 Å². The van der Waals surface area contributed by atoms with Crippen molar-refractivity contribution < 1.29 is 4.79 Å². The minimum absolute atomic E-state index is 0.0243. The molecule has 3 aromatic carbocycles. The van der Waals surface area contributed by atoms with E-state index in [2.05, 4.69) is 60.1 Å². The number of benzene rings is 3. The van der Waals surface area contributed by atoms with Gasteiger partial charge in [-0.05, 0) is 61.2 Å². The fraction of sp³-hybridized carbons (Fsp3) is 0.259.